The van der Waals surface area contributed by atoms with Gasteiger partial charge in [-0.05, 0) is 36.8 Å². The van der Waals surface area contributed by atoms with Crippen LogP contribution < -0.4 is 20.1 Å². The molecule has 0 saturated heterocycles. The monoisotopic (exact) mass is 418 g/mol. The lowest BCUT2D eigenvalue weighted by Crippen LogP contribution is -2.30. The summed E-state index contributed by atoms with van der Waals surface area (Å²) in [7, 11) is -2.17. The Labute approximate surface area is 169 Å². The zero-order chi connectivity index (χ0) is 21.0. The highest BCUT2D eigenvalue weighted by atomic mass is 32.2. The minimum Gasteiger partial charge on any atom is -0.497 e. The molecule has 0 aliphatic carbocycles. The summed E-state index contributed by atoms with van der Waals surface area (Å²) in [5.41, 5.74) is 1.30. The third kappa shape index (κ3) is 4.86. The highest BCUT2D eigenvalue weighted by Crippen LogP contribution is 2.31. The molecule has 0 radical (unpaired) electrons. The Bertz CT molecular complexity index is 1020. The van der Waals surface area contributed by atoms with Gasteiger partial charge in [-0.15, -0.1) is 0 Å². The Kier molecular flexibility index (Phi) is 6.07. The number of nitrogens with one attached hydrogen (secondary N) is 2. The number of carbonyl (C=O) groups excluding carboxylic acids is 2. The number of hydrogen-bond donors (Lipinski definition) is 2. The van der Waals surface area contributed by atoms with E-state index >= 15 is 0 Å². The fourth-order valence-corrected chi connectivity index (χ4v) is 4.22. The van der Waals surface area contributed by atoms with Crippen LogP contribution in [-0.4, -0.2) is 39.2 Å². The molecule has 0 bridgehead atoms. The summed E-state index contributed by atoms with van der Waals surface area (Å²) in [6, 6.07) is 11.5. The summed E-state index contributed by atoms with van der Waals surface area (Å²) < 4.78 is 36.0. The first-order valence-electron chi connectivity index (χ1n) is 9.00. The first-order valence-corrected chi connectivity index (χ1v) is 10.5. The van der Waals surface area contributed by atoms with E-state index in [1.165, 1.54) is 25.1 Å². The van der Waals surface area contributed by atoms with Gasteiger partial charge >= 0.3 is 0 Å². The molecular formula is C20H22N2O6S. The first-order chi connectivity index (χ1) is 13.8. The van der Waals surface area contributed by atoms with Crippen LogP contribution in [0.1, 0.15) is 18.9 Å². The van der Waals surface area contributed by atoms with Gasteiger partial charge in [0.25, 0.3) is 5.91 Å². The molecule has 1 unspecified atom stereocenters. The average Bonchev–Trinajstić information content (AvgIpc) is 2.72. The zero-order valence-electron chi connectivity index (χ0n) is 16.1. The zero-order valence-corrected chi connectivity index (χ0v) is 16.9. The normalized spacial score (nSPS) is 14.2. The molecule has 1 heterocycles. The molecule has 29 heavy (non-hydrogen) atoms. The van der Waals surface area contributed by atoms with Crippen LogP contribution >= 0.6 is 0 Å². The lowest BCUT2D eigenvalue weighted by atomic mass is 10.2. The number of ether oxygens (including phenoxy) is 2. The van der Waals surface area contributed by atoms with Gasteiger partial charge in [-0.25, -0.2) is 8.42 Å². The molecule has 2 aromatic carbocycles. The number of methoxy groups -OCH3 is 1. The Hall–Kier alpha value is -3.07. The van der Waals surface area contributed by atoms with Crippen molar-refractivity contribution in [2.75, 3.05) is 19.0 Å². The Morgan fingerprint density at radius 1 is 1.24 bits per heavy atom. The van der Waals surface area contributed by atoms with E-state index in [1.54, 1.807) is 19.2 Å². The van der Waals surface area contributed by atoms with E-state index in [0.29, 0.717) is 23.7 Å². The topological polar surface area (TPSA) is 111 Å². The number of rotatable bonds is 7. The van der Waals surface area contributed by atoms with Crippen LogP contribution in [0.3, 0.4) is 0 Å². The van der Waals surface area contributed by atoms with E-state index < -0.39 is 15.1 Å². The van der Waals surface area contributed by atoms with Crippen LogP contribution in [0.5, 0.6) is 11.5 Å². The highest BCUT2D eigenvalue weighted by Gasteiger charge is 2.27. The van der Waals surface area contributed by atoms with Crippen molar-refractivity contribution >= 4 is 27.3 Å². The molecule has 0 aromatic heterocycles. The first kappa shape index (κ1) is 20.7. The van der Waals surface area contributed by atoms with Crippen molar-refractivity contribution in [2.24, 2.45) is 0 Å². The van der Waals surface area contributed by atoms with E-state index in [4.69, 9.17) is 9.47 Å². The maximum Gasteiger partial charge on any atom is 0.262 e. The minimum absolute atomic E-state index is 0.0443. The number of fused-ring (bicyclic) bond motifs is 1. The van der Waals surface area contributed by atoms with Gasteiger partial charge in [0.05, 0.1) is 22.9 Å². The van der Waals surface area contributed by atoms with Crippen molar-refractivity contribution in [3.8, 4) is 11.5 Å². The largest absolute Gasteiger partial charge is 0.497 e. The average molecular weight is 418 g/mol. The molecule has 2 aromatic rings. The maximum absolute atomic E-state index is 12.8. The predicted octanol–water partition coefficient (Wildman–Crippen LogP) is 1.89. The quantitative estimate of drug-likeness (QED) is 0.711. The smallest absolute Gasteiger partial charge is 0.262 e. The Balaban J connectivity index is 1.62. The number of hydrogen-bond acceptors (Lipinski definition) is 6. The van der Waals surface area contributed by atoms with Crippen LogP contribution in [-0.2, 0) is 26.0 Å². The number of benzene rings is 2. The molecule has 9 heteroatoms. The molecule has 2 N–H and O–H groups in total. The van der Waals surface area contributed by atoms with Crippen molar-refractivity contribution in [3.05, 3.63) is 48.0 Å². The van der Waals surface area contributed by atoms with E-state index in [9.17, 15) is 18.0 Å². The summed E-state index contributed by atoms with van der Waals surface area (Å²) in [5.74, 6) is 0.351. The fraction of sp³-hybridized carbons (Fsp3) is 0.300. The van der Waals surface area contributed by atoms with Crippen molar-refractivity contribution in [3.63, 3.8) is 0 Å². The van der Waals surface area contributed by atoms with Crippen LogP contribution in [0.2, 0.25) is 0 Å². The molecule has 0 spiro atoms. The summed E-state index contributed by atoms with van der Waals surface area (Å²) in [6.45, 7) is 1.62. The van der Waals surface area contributed by atoms with Gasteiger partial charge in [-0.1, -0.05) is 12.1 Å². The molecule has 154 valence electrons. The Morgan fingerprint density at radius 3 is 2.66 bits per heavy atom. The van der Waals surface area contributed by atoms with Gasteiger partial charge in [0.15, 0.2) is 16.4 Å². The number of amides is 2. The second-order valence-corrected chi connectivity index (χ2v) is 9.05. The van der Waals surface area contributed by atoms with Gasteiger partial charge < -0.3 is 20.1 Å². The molecule has 1 aliphatic rings. The maximum atomic E-state index is 12.8. The predicted molar refractivity (Wildman–Crippen MR) is 107 cm³/mol. The van der Waals surface area contributed by atoms with Gasteiger partial charge in [0, 0.05) is 19.0 Å². The van der Waals surface area contributed by atoms with Crippen LogP contribution in [0.25, 0.3) is 0 Å². The Morgan fingerprint density at radius 2 is 1.97 bits per heavy atom. The van der Waals surface area contributed by atoms with Crippen molar-refractivity contribution in [2.45, 2.75) is 30.0 Å². The van der Waals surface area contributed by atoms with Crippen LogP contribution in [0.15, 0.2) is 47.4 Å². The SMILES string of the molecule is COc1ccc(CNC(=O)CC(C)S(=O)(=O)c2ccc3c(c2)OCC(=O)N3)cc1. The van der Waals surface area contributed by atoms with E-state index in [0.717, 1.165) is 5.56 Å². The number of anilines is 1. The van der Waals surface area contributed by atoms with E-state index in [2.05, 4.69) is 10.6 Å². The van der Waals surface area contributed by atoms with Gasteiger partial charge in [0.2, 0.25) is 5.91 Å². The van der Waals surface area contributed by atoms with E-state index in [-0.39, 0.29) is 29.7 Å². The summed E-state index contributed by atoms with van der Waals surface area (Å²) in [4.78, 5) is 23.6. The molecule has 0 fully saturated rings. The van der Waals surface area contributed by atoms with Gasteiger partial charge in [-0.2, -0.15) is 0 Å². The molecule has 1 aliphatic heterocycles. The number of sulfone groups is 1. The second kappa shape index (κ2) is 8.52. The summed E-state index contributed by atoms with van der Waals surface area (Å²) in [5, 5.41) is 4.42. The lowest BCUT2D eigenvalue weighted by Gasteiger charge is -2.19. The van der Waals surface area contributed by atoms with Crippen molar-refractivity contribution in [1.82, 2.24) is 5.32 Å². The van der Waals surface area contributed by atoms with Gasteiger partial charge in [0.1, 0.15) is 11.5 Å². The second-order valence-electron chi connectivity index (χ2n) is 6.68. The van der Waals surface area contributed by atoms with Crippen molar-refractivity contribution in [1.29, 1.82) is 0 Å². The van der Waals surface area contributed by atoms with Crippen LogP contribution in [0.4, 0.5) is 5.69 Å². The highest BCUT2D eigenvalue weighted by molar-refractivity contribution is 7.92. The summed E-state index contributed by atoms with van der Waals surface area (Å²) >= 11 is 0. The third-order valence-electron chi connectivity index (χ3n) is 4.57. The summed E-state index contributed by atoms with van der Waals surface area (Å²) in [6.07, 6.45) is -0.173. The third-order valence-corrected chi connectivity index (χ3v) is 6.70. The fourth-order valence-electron chi connectivity index (χ4n) is 2.85. The van der Waals surface area contributed by atoms with E-state index in [1.807, 2.05) is 12.1 Å². The molecule has 8 nitrogen and oxygen atoms in total. The minimum atomic E-state index is -3.74. The molecular weight excluding hydrogens is 396 g/mol. The standard InChI is InChI=1S/C20H22N2O6S/c1-13(9-19(23)21-11-14-3-5-15(27-2)6-4-14)29(25,26)16-7-8-17-18(10-16)28-12-20(24)22-17/h3-8,10,13H,9,11-12H2,1-2H3,(H,21,23)(H,22,24). The van der Waals surface area contributed by atoms with Crippen molar-refractivity contribution < 1.29 is 27.5 Å². The number of carbonyl (C=O) groups is 2. The molecule has 1 atom stereocenters. The molecule has 2 amide bonds. The molecule has 3 rings (SSSR count). The lowest BCUT2D eigenvalue weighted by molar-refractivity contribution is -0.121. The molecule has 0 saturated carbocycles. The van der Waals surface area contributed by atoms with Crippen LogP contribution in [0, 0.1) is 0 Å². The van der Waals surface area contributed by atoms with Gasteiger partial charge in [-0.3, -0.25) is 9.59 Å².